The van der Waals surface area contributed by atoms with Gasteiger partial charge in [0.1, 0.15) is 5.56 Å². The van der Waals surface area contributed by atoms with Crippen molar-refractivity contribution >= 4 is 11.7 Å². The lowest BCUT2D eigenvalue weighted by molar-refractivity contribution is 0.0728. The van der Waals surface area contributed by atoms with Crippen molar-refractivity contribution in [1.29, 1.82) is 0 Å². The number of aromatic nitrogens is 1. The number of amides is 1. The monoisotopic (exact) mass is 336 g/mol. The Morgan fingerprint density at radius 2 is 1.96 bits per heavy atom. The fraction of sp³-hybridized carbons (Fsp3) is 0.350. The van der Waals surface area contributed by atoms with Gasteiger partial charge in [-0.25, -0.2) is 0 Å². The lowest BCUT2D eigenvalue weighted by atomic mass is 9.93. The number of rotatable bonds is 2. The maximum atomic E-state index is 12.9. The number of pyridine rings is 1. The largest absolute Gasteiger partial charge is 0.334 e. The van der Waals surface area contributed by atoms with Crippen LogP contribution < -0.4 is 5.56 Å². The van der Waals surface area contributed by atoms with Crippen LogP contribution >= 0.6 is 0 Å². The maximum Gasteiger partial charge on any atom is 0.261 e. The van der Waals surface area contributed by atoms with Crippen molar-refractivity contribution in [1.82, 2.24) is 9.88 Å². The summed E-state index contributed by atoms with van der Waals surface area (Å²) in [6, 6.07) is 9.56. The Hall–Kier alpha value is -2.69. The van der Waals surface area contributed by atoms with Gasteiger partial charge in [-0.2, -0.15) is 0 Å². The molecule has 0 saturated carbocycles. The molecule has 0 saturated heterocycles. The molecule has 1 N–H and O–H groups in total. The summed E-state index contributed by atoms with van der Waals surface area (Å²) in [5.74, 6) is -0.329. The summed E-state index contributed by atoms with van der Waals surface area (Å²) >= 11 is 0. The number of aryl methyl sites for hydroxylation is 2. The summed E-state index contributed by atoms with van der Waals surface area (Å²) in [5, 5.41) is 0. The summed E-state index contributed by atoms with van der Waals surface area (Å²) in [5.41, 5.74) is 3.20. The summed E-state index contributed by atoms with van der Waals surface area (Å²) in [6.45, 7) is 0. The van der Waals surface area contributed by atoms with Gasteiger partial charge in [0.15, 0.2) is 5.78 Å². The van der Waals surface area contributed by atoms with Crippen LogP contribution in [0.3, 0.4) is 0 Å². The van der Waals surface area contributed by atoms with Crippen molar-refractivity contribution in [2.45, 2.75) is 38.1 Å². The van der Waals surface area contributed by atoms with Crippen LogP contribution in [0.5, 0.6) is 0 Å². The van der Waals surface area contributed by atoms with Crippen molar-refractivity contribution < 1.29 is 9.59 Å². The predicted octanol–water partition coefficient (Wildman–Crippen LogP) is 2.65. The number of hydrogen-bond acceptors (Lipinski definition) is 3. The fourth-order valence-corrected chi connectivity index (χ4v) is 4.00. The number of aromatic amines is 1. The highest BCUT2D eigenvalue weighted by Gasteiger charge is 2.31. The number of carbonyl (C=O) groups excluding carboxylic acids is 2. The number of hydrogen-bond donors (Lipinski definition) is 1. The molecule has 1 atom stereocenters. The van der Waals surface area contributed by atoms with Gasteiger partial charge in [0.25, 0.3) is 11.5 Å². The lowest BCUT2D eigenvalue weighted by Gasteiger charge is -2.26. The van der Waals surface area contributed by atoms with E-state index in [1.54, 1.807) is 11.9 Å². The minimum atomic E-state index is -0.406. The summed E-state index contributed by atoms with van der Waals surface area (Å²) in [4.78, 5) is 41.8. The van der Waals surface area contributed by atoms with Crippen LogP contribution in [0.25, 0.3) is 0 Å². The number of nitrogens with zero attached hydrogens (tertiary/aromatic N) is 1. The number of Topliss-reactive ketones (excluding diaryl/α,β-unsaturated/α-hetero) is 1. The molecule has 0 unspecified atom stereocenters. The highest BCUT2D eigenvalue weighted by Crippen LogP contribution is 2.35. The molecule has 2 aromatic rings. The number of H-pyrrole nitrogens is 1. The molecule has 2 aliphatic rings. The van der Waals surface area contributed by atoms with Crippen molar-refractivity contribution in [2.24, 2.45) is 0 Å². The third-order valence-electron chi connectivity index (χ3n) is 5.37. The van der Waals surface area contributed by atoms with E-state index in [1.165, 1.54) is 11.6 Å². The quantitative estimate of drug-likeness (QED) is 0.916. The highest BCUT2D eigenvalue weighted by atomic mass is 16.2. The Labute approximate surface area is 145 Å². The molecule has 5 heteroatoms. The number of carbonyl (C=O) groups is 2. The van der Waals surface area contributed by atoms with E-state index in [-0.39, 0.29) is 23.3 Å². The molecule has 1 amide bonds. The molecule has 4 rings (SSSR count). The van der Waals surface area contributed by atoms with Gasteiger partial charge in [0.2, 0.25) is 0 Å². The lowest BCUT2D eigenvalue weighted by Crippen LogP contribution is -2.35. The Morgan fingerprint density at radius 3 is 2.80 bits per heavy atom. The molecule has 0 aliphatic heterocycles. The van der Waals surface area contributed by atoms with Gasteiger partial charge in [0, 0.05) is 24.7 Å². The average Bonchev–Trinajstić information content (AvgIpc) is 3.04. The third-order valence-corrected chi connectivity index (χ3v) is 5.37. The van der Waals surface area contributed by atoms with E-state index in [4.69, 9.17) is 0 Å². The second-order valence-electron chi connectivity index (χ2n) is 6.85. The van der Waals surface area contributed by atoms with E-state index in [0.29, 0.717) is 24.1 Å². The highest BCUT2D eigenvalue weighted by molar-refractivity contribution is 6.01. The van der Waals surface area contributed by atoms with Crippen LogP contribution in [-0.4, -0.2) is 28.6 Å². The molecule has 1 aromatic heterocycles. The number of benzene rings is 1. The van der Waals surface area contributed by atoms with E-state index in [9.17, 15) is 14.4 Å². The SMILES string of the molecule is CN(C(=O)c1cc2c([nH]c1=O)CCCC2=O)[C@@H]1CCc2ccccc21. The second-order valence-corrected chi connectivity index (χ2v) is 6.85. The molecule has 2 aliphatic carbocycles. The van der Waals surface area contributed by atoms with Crippen LogP contribution in [0, 0.1) is 0 Å². The van der Waals surface area contributed by atoms with E-state index < -0.39 is 5.56 Å². The predicted molar refractivity (Wildman–Crippen MR) is 93.9 cm³/mol. The first-order valence-electron chi connectivity index (χ1n) is 8.70. The van der Waals surface area contributed by atoms with E-state index >= 15 is 0 Å². The van der Waals surface area contributed by atoms with Gasteiger partial charge >= 0.3 is 0 Å². The van der Waals surface area contributed by atoms with Crippen molar-refractivity contribution in [3.63, 3.8) is 0 Å². The van der Waals surface area contributed by atoms with Crippen molar-refractivity contribution in [2.75, 3.05) is 7.05 Å². The maximum absolute atomic E-state index is 12.9. The Balaban J connectivity index is 1.69. The van der Waals surface area contributed by atoms with Gasteiger partial charge < -0.3 is 9.88 Å². The molecule has 0 bridgehead atoms. The first-order valence-corrected chi connectivity index (χ1v) is 8.70. The van der Waals surface area contributed by atoms with Gasteiger partial charge in [-0.15, -0.1) is 0 Å². The Kier molecular flexibility index (Phi) is 3.79. The van der Waals surface area contributed by atoms with Gasteiger partial charge in [-0.05, 0) is 42.9 Å². The normalized spacial score (nSPS) is 18.6. The number of ketones is 1. The molecule has 0 radical (unpaired) electrons. The van der Waals surface area contributed by atoms with Crippen molar-refractivity contribution in [3.8, 4) is 0 Å². The summed E-state index contributed by atoms with van der Waals surface area (Å²) < 4.78 is 0. The van der Waals surface area contributed by atoms with E-state index in [2.05, 4.69) is 11.1 Å². The third kappa shape index (κ3) is 2.60. The zero-order valence-corrected chi connectivity index (χ0v) is 14.2. The molecular formula is C20H20N2O3. The average molecular weight is 336 g/mol. The summed E-state index contributed by atoms with van der Waals surface area (Å²) in [7, 11) is 1.73. The Morgan fingerprint density at radius 1 is 1.16 bits per heavy atom. The first-order chi connectivity index (χ1) is 12.1. The van der Waals surface area contributed by atoms with Gasteiger partial charge in [-0.1, -0.05) is 24.3 Å². The molecule has 0 fully saturated rings. The molecule has 128 valence electrons. The standard InChI is InChI=1S/C20H20N2O3/c1-22(17-10-9-12-5-2-3-6-13(12)17)20(25)15-11-14-16(21-19(15)24)7-4-8-18(14)23/h2-3,5-6,11,17H,4,7-10H2,1H3,(H,21,24)/t17-/m1/s1. The van der Waals surface area contributed by atoms with Crippen LogP contribution in [0.2, 0.25) is 0 Å². The molecule has 5 nitrogen and oxygen atoms in total. The zero-order chi connectivity index (χ0) is 17.6. The molecule has 0 spiro atoms. The molecule has 1 heterocycles. The first kappa shape index (κ1) is 15.8. The smallest absolute Gasteiger partial charge is 0.261 e. The molecular weight excluding hydrogens is 316 g/mol. The summed E-state index contributed by atoms with van der Waals surface area (Å²) in [6.07, 6.45) is 3.67. The van der Waals surface area contributed by atoms with Crippen LogP contribution in [-0.2, 0) is 12.8 Å². The van der Waals surface area contributed by atoms with E-state index in [0.717, 1.165) is 24.8 Å². The fourth-order valence-electron chi connectivity index (χ4n) is 4.00. The minimum Gasteiger partial charge on any atom is -0.334 e. The minimum absolute atomic E-state index is 0.000384. The van der Waals surface area contributed by atoms with Crippen molar-refractivity contribution in [3.05, 3.63) is 68.6 Å². The van der Waals surface area contributed by atoms with Crippen LogP contribution in [0.1, 0.15) is 62.8 Å². The van der Waals surface area contributed by atoms with Gasteiger partial charge in [0.05, 0.1) is 6.04 Å². The van der Waals surface area contributed by atoms with Gasteiger partial charge in [-0.3, -0.25) is 14.4 Å². The topological polar surface area (TPSA) is 70.2 Å². The zero-order valence-electron chi connectivity index (χ0n) is 14.2. The second kappa shape index (κ2) is 5.99. The Bertz CT molecular complexity index is 929. The van der Waals surface area contributed by atoms with E-state index in [1.807, 2.05) is 18.2 Å². The van der Waals surface area contributed by atoms with Crippen LogP contribution in [0.4, 0.5) is 0 Å². The molecule has 1 aromatic carbocycles. The number of nitrogens with one attached hydrogen (secondary N) is 1. The van der Waals surface area contributed by atoms with Crippen LogP contribution in [0.15, 0.2) is 35.1 Å². The number of fused-ring (bicyclic) bond motifs is 2. The molecule has 25 heavy (non-hydrogen) atoms.